The second kappa shape index (κ2) is 7.96. The largest absolute Gasteiger partial charge is 0.366 e. The third kappa shape index (κ3) is 3.51. The Hall–Kier alpha value is -3.16. The Labute approximate surface area is 206 Å². The minimum absolute atomic E-state index is 0.0269. The molecule has 2 N–H and O–H groups in total. The molecule has 1 saturated heterocycles. The van der Waals surface area contributed by atoms with Crippen molar-refractivity contribution < 1.29 is 9.59 Å². The first-order valence-electron chi connectivity index (χ1n) is 11.3. The Kier molecular flexibility index (Phi) is 5.00. The fourth-order valence-corrected chi connectivity index (χ4v) is 6.48. The van der Waals surface area contributed by atoms with E-state index in [4.69, 9.17) is 17.3 Å². The zero-order valence-electron chi connectivity index (χ0n) is 18.6. The van der Waals surface area contributed by atoms with Crippen LogP contribution in [0.15, 0.2) is 54.7 Å². The summed E-state index contributed by atoms with van der Waals surface area (Å²) in [5.74, 6) is 0.0583. The highest BCUT2D eigenvalue weighted by Crippen LogP contribution is 2.49. The molecular weight excluding hydrogens is 468 g/mol. The van der Waals surface area contributed by atoms with Gasteiger partial charge >= 0.3 is 0 Å². The van der Waals surface area contributed by atoms with Crippen molar-refractivity contribution in [1.29, 1.82) is 0 Å². The van der Waals surface area contributed by atoms with Crippen LogP contribution in [-0.2, 0) is 6.54 Å². The number of carbonyl (C=O) groups excluding carboxylic acids is 2. The van der Waals surface area contributed by atoms with Crippen molar-refractivity contribution in [1.82, 2.24) is 14.5 Å². The van der Waals surface area contributed by atoms with Gasteiger partial charge in [0.25, 0.3) is 11.8 Å². The van der Waals surface area contributed by atoms with Crippen LogP contribution in [-0.4, -0.2) is 38.3 Å². The van der Waals surface area contributed by atoms with Crippen LogP contribution in [0.5, 0.6) is 0 Å². The number of benzene rings is 2. The summed E-state index contributed by atoms with van der Waals surface area (Å²) in [5, 5.41) is 2.33. The fourth-order valence-electron chi connectivity index (χ4n) is 5.38. The maximum atomic E-state index is 13.9. The predicted octanol–water partition coefficient (Wildman–Crippen LogP) is 5.13. The number of fused-ring (bicyclic) bond motifs is 2. The van der Waals surface area contributed by atoms with E-state index in [0.29, 0.717) is 28.7 Å². The van der Waals surface area contributed by atoms with Gasteiger partial charge in [-0.15, -0.1) is 11.3 Å². The molecule has 3 heterocycles. The average molecular weight is 491 g/mol. The third-order valence-corrected chi connectivity index (χ3v) is 8.19. The van der Waals surface area contributed by atoms with Gasteiger partial charge in [-0.05, 0) is 49.4 Å². The Morgan fingerprint density at radius 2 is 2.00 bits per heavy atom. The van der Waals surface area contributed by atoms with Crippen LogP contribution >= 0.6 is 22.9 Å². The Balaban J connectivity index is 1.35. The molecule has 4 aromatic rings. The molecule has 3 atom stereocenters. The molecule has 0 radical (unpaired) electrons. The number of thiazole rings is 1. The Morgan fingerprint density at radius 3 is 2.79 bits per heavy atom. The van der Waals surface area contributed by atoms with Crippen LogP contribution in [0.1, 0.15) is 38.7 Å². The molecule has 2 aromatic heterocycles. The van der Waals surface area contributed by atoms with Gasteiger partial charge in [0.05, 0.1) is 21.5 Å². The smallest absolute Gasteiger partial charge is 0.274 e. The molecule has 172 valence electrons. The van der Waals surface area contributed by atoms with Crippen LogP contribution in [0.2, 0.25) is 5.02 Å². The number of piperidine rings is 1. The van der Waals surface area contributed by atoms with E-state index in [2.05, 4.69) is 9.55 Å². The summed E-state index contributed by atoms with van der Waals surface area (Å²) in [6, 6.07) is 15.6. The summed E-state index contributed by atoms with van der Waals surface area (Å²) >= 11 is 7.75. The zero-order valence-corrected chi connectivity index (χ0v) is 20.1. The molecule has 2 aromatic carbocycles. The second-order valence-corrected chi connectivity index (χ2v) is 10.8. The van der Waals surface area contributed by atoms with Crippen molar-refractivity contribution in [2.24, 2.45) is 11.7 Å². The van der Waals surface area contributed by atoms with Gasteiger partial charge in [-0.1, -0.05) is 41.9 Å². The van der Waals surface area contributed by atoms with E-state index in [1.807, 2.05) is 66.6 Å². The number of aromatic nitrogens is 2. The number of hydrogen-bond donors (Lipinski definition) is 1. The number of nitrogens with zero attached hydrogens (tertiary/aromatic N) is 3. The topological polar surface area (TPSA) is 81.2 Å². The highest BCUT2D eigenvalue weighted by Gasteiger charge is 2.54. The lowest BCUT2D eigenvalue weighted by molar-refractivity contribution is 0.0681. The summed E-state index contributed by atoms with van der Waals surface area (Å²) in [4.78, 5) is 33.5. The van der Waals surface area contributed by atoms with Gasteiger partial charge in [0, 0.05) is 34.7 Å². The molecule has 0 unspecified atom stereocenters. The van der Waals surface area contributed by atoms with Crippen LogP contribution in [0.25, 0.3) is 21.3 Å². The minimum atomic E-state index is -0.443. The van der Waals surface area contributed by atoms with Gasteiger partial charge < -0.3 is 15.2 Å². The number of para-hydroxylation sites is 1. The highest BCUT2D eigenvalue weighted by molar-refractivity contribution is 7.15. The number of aryl methyl sites for hydroxylation is 1. The predicted molar refractivity (Wildman–Crippen MR) is 134 cm³/mol. The minimum Gasteiger partial charge on any atom is -0.366 e. The molecule has 34 heavy (non-hydrogen) atoms. The number of likely N-dealkylation sites (tertiary alicyclic amines) is 1. The van der Waals surface area contributed by atoms with Crippen LogP contribution in [0.4, 0.5) is 0 Å². The maximum absolute atomic E-state index is 13.9. The summed E-state index contributed by atoms with van der Waals surface area (Å²) in [6.07, 6.45) is 3.81. The SMILES string of the molecule is Cc1nc(C(=O)N2[C@H](Cn3cc(C(N)=O)c4ccccc43)C[C@@H]3C[C@@H]32)c(-c2cccc(Cl)c2)s1. The van der Waals surface area contributed by atoms with Crippen molar-refractivity contribution in [3.63, 3.8) is 0 Å². The number of nitrogens with two attached hydrogens (primary N) is 1. The van der Waals surface area contributed by atoms with E-state index >= 15 is 0 Å². The number of hydrogen-bond acceptors (Lipinski definition) is 4. The molecule has 1 saturated carbocycles. The molecule has 0 bridgehead atoms. The first-order valence-corrected chi connectivity index (χ1v) is 12.5. The quantitative estimate of drug-likeness (QED) is 0.421. The lowest BCUT2D eigenvalue weighted by Gasteiger charge is -2.28. The summed E-state index contributed by atoms with van der Waals surface area (Å²) in [5.41, 5.74) is 8.50. The number of halogens is 1. The van der Waals surface area contributed by atoms with E-state index in [9.17, 15) is 9.59 Å². The van der Waals surface area contributed by atoms with E-state index in [-0.39, 0.29) is 18.0 Å². The highest BCUT2D eigenvalue weighted by atomic mass is 35.5. The maximum Gasteiger partial charge on any atom is 0.274 e. The summed E-state index contributed by atoms with van der Waals surface area (Å²) in [7, 11) is 0. The number of primary amides is 1. The van der Waals surface area contributed by atoms with Crippen molar-refractivity contribution >= 4 is 45.7 Å². The fraction of sp³-hybridized carbons (Fsp3) is 0.269. The molecule has 1 aliphatic heterocycles. The molecule has 6 rings (SSSR count). The van der Waals surface area contributed by atoms with Gasteiger partial charge in [0.2, 0.25) is 0 Å². The number of rotatable bonds is 5. The molecular formula is C26H23ClN4O2S. The van der Waals surface area contributed by atoms with Crippen LogP contribution in [0.3, 0.4) is 0 Å². The van der Waals surface area contributed by atoms with Crippen molar-refractivity contribution in [2.75, 3.05) is 0 Å². The average Bonchev–Trinajstić information content (AvgIpc) is 3.15. The van der Waals surface area contributed by atoms with E-state index in [0.717, 1.165) is 39.2 Å². The van der Waals surface area contributed by atoms with E-state index in [1.54, 1.807) is 0 Å². The molecule has 6 nitrogen and oxygen atoms in total. The summed E-state index contributed by atoms with van der Waals surface area (Å²) < 4.78 is 2.06. The first-order chi connectivity index (χ1) is 16.4. The van der Waals surface area contributed by atoms with Crippen molar-refractivity contribution in [2.45, 2.75) is 38.4 Å². The number of carbonyl (C=O) groups is 2. The van der Waals surface area contributed by atoms with E-state index < -0.39 is 5.91 Å². The second-order valence-electron chi connectivity index (χ2n) is 9.16. The van der Waals surface area contributed by atoms with Gasteiger partial charge in [-0.25, -0.2) is 4.98 Å². The van der Waals surface area contributed by atoms with Crippen LogP contribution in [0, 0.1) is 12.8 Å². The molecule has 1 aliphatic carbocycles. The molecule has 2 aliphatic rings. The monoisotopic (exact) mass is 490 g/mol. The summed E-state index contributed by atoms with van der Waals surface area (Å²) in [6.45, 7) is 2.54. The number of amides is 2. The molecule has 8 heteroatoms. The molecule has 0 spiro atoms. The molecule has 2 fully saturated rings. The van der Waals surface area contributed by atoms with Gasteiger partial charge in [0.1, 0.15) is 5.69 Å². The van der Waals surface area contributed by atoms with E-state index in [1.165, 1.54) is 11.3 Å². The third-order valence-electron chi connectivity index (χ3n) is 6.93. The van der Waals surface area contributed by atoms with Crippen molar-refractivity contribution in [3.05, 3.63) is 76.0 Å². The normalized spacial score (nSPS) is 21.1. The Bertz CT molecular complexity index is 1460. The van der Waals surface area contributed by atoms with Crippen molar-refractivity contribution in [3.8, 4) is 10.4 Å². The lowest BCUT2D eigenvalue weighted by Crippen LogP contribution is -2.41. The van der Waals surface area contributed by atoms with Gasteiger partial charge in [0.15, 0.2) is 0 Å². The Morgan fingerprint density at radius 1 is 1.18 bits per heavy atom. The molecule has 2 amide bonds. The zero-order chi connectivity index (χ0) is 23.6. The van der Waals surface area contributed by atoms with Gasteiger partial charge in [-0.2, -0.15) is 0 Å². The lowest BCUT2D eigenvalue weighted by atomic mass is 10.1. The standard InChI is InChI=1S/C26H23ClN4O2S/c1-14-29-23(24(34-14)15-5-4-6-17(27)9-15)26(33)31-18(10-16-11-22(16)31)12-30-13-20(25(28)32)19-7-2-3-8-21(19)30/h2-9,13,16,18,22H,10-12H2,1H3,(H2,28,32)/t16-,18+,22+/m1/s1. The first kappa shape index (κ1) is 21.4. The van der Waals surface area contributed by atoms with Gasteiger partial charge in [-0.3, -0.25) is 9.59 Å². The van der Waals surface area contributed by atoms with Crippen LogP contribution < -0.4 is 5.73 Å².